The maximum atomic E-state index is 12.5. The van der Waals surface area contributed by atoms with Crippen LogP contribution in [-0.4, -0.2) is 46.2 Å². The first-order valence-corrected chi connectivity index (χ1v) is 10.7. The van der Waals surface area contributed by atoms with Gasteiger partial charge in [0.1, 0.15) is 0 Å². The van der Waals surface area contributed by atoms with Gasteiger partial charge in [-0.05, 0) is 17.2 Å². The normalized spacial score (nSPS) is 17.1. The summed E-state index contributed by atoms with van der Waals surface area (Å²) in [6.45, 7) is 3.04. The van der Waals surface area contributed by atoms with Gasteiger partial charge in [0.25, 0.3) is 0 Å². The molecule has 26 heavy (non-hydrogen) atoms. The molecule has 0 saturated carbocycles. The number of morpholine rings is 1. The Morgan fingerprint density at radius 1 is 1.04 bits per heavy atom. The van der Waals surface area contributed by atoms with Crippen molar-refractivity contribution in [3.05, 3.63) is 70.7 Å². The van der Waals surface area contributed by atoms with Crippen LogP contribution in [0.5, 0.6) is 0 Å². The van der Waals surface area contributed by atoms with E-state index in [-0.39, 0.29) is 18.3 Å². The predicted octanol–water partition coefficient (Wildman–Crippen LogP) is 2.83. The number of halogens is 1. The van der Waals surface area contributed by atoms with Gasteiger partial charge in [-0.3, -0.25) is 4.90 Å². The highest BCUT2D eigenvalue weighted by Crippen LogP contribution is 2.28. The van der Waals surface area contributed by atoms with Gasteiger partial charge in [-0.15, -0.1) is 0 Å². The minimum absolute atomic E-state index is 0.0355. The first-order valence-electron chi connectivity index (χ1n) is 8.63. The summed E-state index contributed by atoms with van der Waals surface area (Å²) in [6, 6.07) is 16.6. The molecule has 2 aromatic carbocycles. The molecule has 2 aromatic rings. The number of benzene rings is 2. The molecule has 1 saturated heterocycles. The summed E-state index contributed by atoms with van der Waals surface area (Å²) in [7, 11) is -3.44. The van der Waals surface area contributed by atoms with Gasteiger partial charge in [-0.1, -0.05) is 60.1 Å². The minimum atomic E-state index is -3.44. The number of rotatable bonds is 7. The molecule has 1 aliphatic rings. The van der Waals surface area contributed by atoms with Gasteiger partial charge < -0.3 is 4.74 Å². The van der Waals surface area contributed by atoms with Gasteiger partial charge in [0, 0.05) is 30.7 Å². The van der Waals surface area contributed by atoms with Crippen LogP contribution in [-0.2, 0) is 20.5 Å². The number of ether oxygens (including phenoxy) is 1. The van der Waals surface area contributed by atoms with Crippen LogP contribution in [0.1, 0.15) is 17.2 Å². The Labute approximate surface area is 160 Å². The van der Waals surface area contributed by atoms with E-state index in [1.54, 1.807) is 0 Å². The van der Waals surface area contributed by atoms with Crippen LogP contribution in [0.3, 0.4) is 0 Å². The lowest BCUT2D eigenvalue weighted by Crippen LogP contribution is -2.44. The van der Waals surface area contributed by atoms with Crippen molar-refractivity contribution in [2.24, 2.45) is 0 Å². The van der Waals surface area contributed by atoms with Crippen LogP contribution in [0.25, 0.3) is 0 Å². The van der Waals surface area contributed by atoms with Crippen molar-refractivity contribution in [3.8, 4) is 0 Å². The highest BCUT2D eigenvalue weighted by atomic mass is 35.5. The van der Waals surface area contributed by atoms with Crippen LogP contribution in [0.15, 0.2) is 54.6 Å². The second-order valence-electron chi connectivity index (χ2n) is 6.28. The van der Waals surface area contributed by atoms with E-state index in [4.69, 9.17) is 16.3 Å². The fourth-order valence-electron chi connectivity index (χ4n) is 3.12. The molecule has 140 valence electrons. The molecule has 0 radical (unpaired) electrons. The summed E-state index contributed by atoms with van der Waals surface area (Å²) in [4.78, 5) is 2.22. The number of hydrogen-bond acceptors (Lipinski definition) is 4. The van der Waals surface area contributed by atoms with Crippen molar-refractivity contribution in [3.63, 3.8) is 0 Å². The minimum Gasteiger partial charge on any atom is -0.379 e. The van der Waals surface area contributed by atoms with Crippen molar-refractivity contribution >= 4 is 21.6 Å². The second kappa shape index (κ2) is 8.97. The largest absolute Gasteiger partial charge is 0.379 e. The molecule has 1 fully saturated rings. The Kier molecular flexibility index (Phi) is 6.67. The first kappa shape index (κ1) is 19.3. The van der Waals surface area contributed by atoms with Crippen molar-refractivity contribution < 1.29 is 13.2 Å². The second-order valence-corrected chi connectivity index (χ2v) is 8.49. The van der Waals surface area contributed by atoms with Crippen LogP contribution >= 0.6 is 11.6 Å². The molecule has 5 nitrogen and oxygen atoms in total. The fourth-order valence-corrected chi connectivity index (χ4v) is 4.53. The van der Waals surface area contributed by atoms with Crippen LogP contribution in [0, 0.1) is 0 Å². The Balaban J connectivity index is 1.74. The molecule has 1 atom stereocenters. The number of nitrogens with one attached hydrogen (secondary N) is 1. The molecule has 0 spiro atoms. The summed E-state index contributed by atoms with van der Waals surface area (Å²) < 4.78 is 33.2. The molecule has 1 heterocycles. The Hall–Kier alpha value is -1.44. The lowest BCUT2D eigenvalue weighted by atomic mass is 10.0. The first-order chi connectivity index (χ1) is 12.6. The van der Waals surface area contributed by atoms with Gasteiger partial charge >= 0.3 is 0 Å². The molecule has 0 bridgehead atoms. The molecule has 0 aliphatic carbocycles. The highest BCUT2D eigenvalue weighted by Gasteiger charge is 2.26. The summed E-state index contributed by atoms with van der Waals surface area (Å²) in [5, 5.41) is 0.645. The Morgan fingerprint density at radius 3 is 2.38 bits per heavy atom. The molecular weight excluding hydrogens is 372 g/mol. The molecule has 0 unspecified atom stereocenters. The van der Waals surface area contributed by atoms with E-state index in [1.807, 2.05) is 54.6 Å². The third kappa shape index (κ3) is 5.28. The summed E-state index contributed by atoms with van der Waals surface area (Å²) >= 11 is 6.38. The van der Waals surface area contributed by atoms with E-state index in [9.17, 15) is 8.42 Å². The van der Waals surface area contributed by atoms with Gasteiger partial charge in [-0.2, -0.15) is 0 Å². The van der Waals surface area contributed by atoms with Gasteiger partial charge in [0.05, 0.1) is 19.0 Å². The molecule has 0 aromatic heterocycles. The smallest absolute Gasteiger partial charge is 0.215 e. The number of sulfonamides is 1. The van der Waals surface area contributed by atoms with Crippen molar-refractivity contribution in [1.82, 2.24) is 9.62 Å². The predicted molar refractivity (Wildman–Crippen MR) is 104 cm³/mol. The van der Waals surface area contributed by atoms with E-state index in [1.165, 1.54) is 0 Å². The fraction of sp³-hybridized carbons (Fsp3) is 0.368. The molecule has 1 aliphatic heterocycles. The average Bonchev–Trinajstić information content (AvgIpc) is 2.64. The number of nitrogens with zero attached hydrogens (tertiary/aromatic N) is 1. The molecule has 1 N–H and O–H groups in total. The number of hydrogen-bond donors (Lipinski definition) is 1. The monoisotopic (exact) mass is 394 g/mol. The van der Waals surface area contributed by atoms with Crippen molar-refractivity contribution in [1.29, 1.82) is 0 Å². The summed E-state index contributed by atoms with van der Waals surface area (Å²) in [5.41, 5.74) is 1.69. The maximum absolute atomic E-state index is 12.5. The standard InChI is InChI=1S/C19H23ClN2O3S/c20-18-9-5-4-8-17(18)19(22-10-12-25-13-11-22)14-21-26(23,24)15-16-6-2-1-3-7-16/h1-9,19,21H,10-15H2/t19-/m1/s1. The third-order valence-corrected chi connectivity index (χ3v) is 6.11. The molecule has 7 heteroatoms. The van der Waals surface area contributed by atoms with Crippen LogP contribution in [0.2, 0.25) is 5.02 Å². The molecular formula is C19H23ClN2O3S. The lowest BCUT2D eigenvalue weighted by molar-refractivity contribution is 0.0172. The van der Waals surface area contributed by atoms with Crippen molar-refractivity contribution in [2.45, 2.75) is 11.8 Å². The topological polar surface area (TPSA) is 58.6 Å². The Morgan fingerprint density at radius 2 is 1.69 bits per heavy atom. The van der Waals surface area contributed by atoms with Gasteiger partial charge in [0.2, 0.25) is 10.0 Å². The summed E-state index contributed by atoms with van der Waals surface area (Å²) in [6.07, 6.45) is 0. The highest BCUT2D eigenvalue weighted by molar-refractivity contribution is 7.88. The zero-order valence-corrected chi connectivity index (χ0v) is 16.0. The lowest BCUT2D eigenvalue weighted by Gasteiger charge is -2.35. The molecule has 0 amide bonds. The van der Waals surface area contributed by atoms with E-state index in [0.717, 1.165) is 24.2 Å². The zero-order valence-electron chi connectivity index (χ0n) is 14.5. The third-order valence-electron chi connectivity index (χ3n) is 4.45. The van der Waals surface area contributed by atoms with Crippen LogP contribution in [0.4, 0.5) is 0 Å². The van der Waals surface area contributed by atoms with Crippen molar-refractivity contribution in [2.75, 3.05) is 32.8 Å². The van der Waals surface area contributed by atoms with Gasteiger partial charge in [-0.25, -0.2) is 13.1 Å². The van der Waals surface area contributed by atoms with E-state index < -0.39 is 10.0 Å². The Bertz CT molecular complexity index is 809. The van der Waals surface area contributed by atoms with Gasteiger partial charge in [0.15, 0.2) is 0 Å². The quantitative estimate of drug-likeness (QED) is 0.784. The van der Waals surface area contributed by atoms with E-state index in [0.29, 0.717) is 18.2 Å². The average molecular weight is 395 g/mol. The van der Waals surface area contributed by atoms with E-state index >= 15 is 0 Å². The van der Waals surface area contributed by atoms with E-state index in [2.05, 4.69) is 9.62 Å². The summed E-state index contributed by atoms with van der Waals surface area (Å²) in [5.74, 6) is -0.0355. The maximum Gasteiger partial charge on any atom is 0.215 e. The SMILES string of the molecule is O=S(=O)(Cc1ccccc1)NC[C@H](c1ccccc1Cl)N1CCOCC1. The zero-order chi connectivity index (χ0) is 18.4. The van der Waals surface area contributed by atoms with Crippen LogP contribution < -0.4 is 4.72 Å². The molecule has 3 rings (SSSR count).